The molecule has 8 saturated carbocycles. The normalized spacial score (nSPS) is 29.0. The van der Waals surface area contributed by atoms with Crippen LogP contribution >= 0.6 is 0 Å². The van der Waals surface area contributed by atoms with Gasteiger partial charge in [-0.2, -0.15) is 0 Å². The van der Waals surface area contributed by atoms with Gasteiger partial charge in [0.1, 0.15) is 48.8 Å². The Kier molecular flexibility index (Phi) is 25.2. The predicted molar refractivity (Wildman–Crippen MR) is 300 cm³/mol. The van der Waals surface area contributed by atoms with Crippen molar-refractivity contribution in [2.24, 2.45) is 41.4 Å². The number of cyclic esters (lactones) is 2. The summed E-state index contributed by atoms with van der Waals surface area (Å²) in [5.41, 5.74) is 2.03. The van der Waals surface area contributed by atoms with Crippen molar-refractivity contribution in [2.75, 3.05) is 26.4 Å². The molecule has 18 heteroatoms. The summed E-state index contributed by atoms with van der Waals surface area (Å²) in [7, 11) is 0. The Morgan fingerprint density at radius 3 is 1.52 bits per heavy atom. The van der Waals surface area contributed by atoms with Gasteiger partial charge in [-0.15, -0.1) is 0 Å². The van der Waals surface area contributed by atoms with E-state index in [1.165, 1.54) is 57.8 Å². The van der Waals surface area contributed by atoms with Crippen LogP contribution < -0.4 is 0 Å². The fourth-order valence-corrected chi connectivity index (χ4v) is 12.7. The molecule has 8 aliphatic carbocycles. The van der Waals surface area contributed by atoms with Crippen LogP contribution in [0.15, 0.2) is 72.9 Å². The largest absolute Gasteiger partial charge is 0.508 e. The van der Waals surface area contributed by atoms with Crippen molar-refractivity contribution in [3.05, 3.63) is 72.9 Å². The van der Waals surface area contributed by atoms with E-state index in [1.807, 2.05) is 6.92 Å². The summed E-state index contributed by atoms with van der Waals surface area (Å²) in [6, 6.07) is 0. The summed E-state index contributed by atoms with van der Waals surface area (Å²) in [5.74, 6) is 1.60. The van der Waals surface area contributed by atoms with Gasteiger partial charge in [-0.25, -0.2) is 33.6 Å². The van der Waals surface area contributed by atoms with Crippen molar-refractivity contribution in [1.29, 1.82) is 0 Å². The smallest absolute Gasteiger partial charge is 0.460 e. The number of carbonyl (C=O) groups is 8. The maximum absolute atomic E-state index is 12.0. The first-order valence-electron chi connectivity index (χ1n) is 28.9. The molecular formula is C63H92O18. The molecule has 0 aromatic rings. The fraction of sp³-hybridized carbons (Fsp3) is 0.683. The second kappa shape index (κ2) is 30.3. The predicted octanol–water partition coefficient (Wildman–Crippen LogP) is 10.8. The molecule has 0 aromatic heterocycles. The number of aliphatic hydroxyl groups is 1. The number of esters is 7. The number of carbonyl (C=O) groups excluding carboxylic acids is 8. The lowest BCUT2D eigenvalue weighted by molar-refractivity contribution is -0.207. The van der Waals surface area contributed by atoms with Crippen molar-refractivity contribution in [3.63, 3.8) is 0 Å². The summed E-state index contributed by atoms with van der Waals surface area (Å²) < 4.78 is 45.7. The minimum Gasteiger partial charge on any atom is -0.460 e. The van der Waals surface area contributed by atoms with Crippen LogP contribution in [-0.2, 0) is 76.2 Å². The number of hydrogen-bond acceptors (Lipinski definition) is 18. The Morgan fingerprint density at radius 1 is 0.580 bits per heavy atom. The maximum Gasteiger partial charge on any atom is 0.508 e. The third-order valence-electron chi connectivity index (χ3n) is 16.9. The molecule has 1 N–H and O–H groups in total. The van der Waals surface area contributed by atoms with E-state index in [0.717, 1.165) is 63.2 Å². The molecule has 2 heterocycles. The molecule has 2 aliphatic heterocycles. The standard InChI is InChI=1S/C16H24O2.C12H14O4.C11H18O2.C10H16O2.C8H10O5.C6H10O3/c1-4-16(18-15(17)10(2)3)13-6-11-5-12(8-13)9-14(16)7-11;1-5(2)11(13)15-9-6-3-7-8(4-6)12(14)16-10(7)9;1-4-11(7-5-6-8-11)13-10(12)9(2)3;1-8(2)9(11)12-10(3)6-4-5-7-10;1-5(2)7(9)11-3-6-4-12-8(10)13-6;1-5(2)6(8)9-4-3-7/h11-14H,2,4-9H2,1,3H3;6-10H,1,3-4H2,2H3;2,4-8H2,1,3H3;1,4-7H2,2-3H3;6H,1,3-4H2,2H3;7H,1,3-4H2,2H3. The summed E-state index contributed by atoms with van der Waals surface area (Å²) in [6.45, 7) is 37.3. The molecular weight excluding hydrogens is 1040 g/mol. The van der Waals surface area contributed by atoms with Crippen molar-refractivity contribution >= 4 is 47.9 Å². The van der Waals surface area contributed by atoms with E-state index in [2.05, 4.69) is 67.5 Å². The Hall–Kier alpha value is -6.04. The minimum absolute atomic E-state index is 0.0113. The van der Waals surface area contributed by atoms with E-state index in [-0.39, 0.29) is 97.1 Å². The van der Waals surface area contributed by atoms with Crippen LogP contribution in [0.1, 0.15) is 171 Å². The van der Waals surface area contributed by atoms with Gasteiger partial charge in [0.25, 0.3) is 0 Å². The summed E-state index contributed by atoms with van der Waals surface area (Å²) >= 11 is 0. The van der Waals surface area contributed by atoms with E-state index in [9.17, 15) is 38.4 Å². The van der Waals surface area contributed by atoms with Gasteiger partial charge >= 0.3 is 47.9 Å². The zero-order valence-electron chi connectivity index (χ0n) is 49.8. The van der Waals surface area contributed by atoms with Crippen LogP contribution in [0, 0.1) is 41.4 Å². The quantitative estimate of drug-likeness (QED) is 0.0858. The molecule has 0 aromatic carbocycles. The molecule has 6 unspecified atom stereocenters. The van der Waals surface area contributed by atoms with Gasteiger partial charge in [-0.1, -0.05) is 53.3 Å². The van der Waals surface area contributed by atoms with Crippen molar-refractivity contribution in [3.8, 4) is 0 Å². The summed E-state index contributed by atoms with van der Waals surface area (Å²) in [4.78, 5) is 89.2. The first-order valence-corrected chi connectivity index (χ1v) is 28.9. The van der Waals surface area contributed by atoms with Crippen LogP contribution in [0.25, 0.3) is 0 Å². The van der Waals surface area contributed by atoms with Crippen molar-refractivity contribution < 1.29 is 86.1 Å². The molecule has 0 amide bonds. The number of hydrogen-bond donors (Lipinski definition) is 1. The second-order valence-electron chi connectivity index (χ2n) is 23.9. The van der Waals surface area contributed by atoms with Crippen LogP contribution in [0.3, 0.4) is 0 Å². The lowest BCUT2D eigenvalue weighted by Crippen LogP contribution is -2.59. The van der Waals surface area contributed by atoms with Gasteiger partial charge in [0.05, 0.1) is 12.5 Å². The molecule has 18 nitrogen and oxygen atoms in total. The van der Waals surface area contributed by atoms with Gasteiger partial charge in [0, 0.05) is 45.3 Å². The monoisotopic (exact) mass is 1140 g/mol. The third-order valence-corrected chi connectivity index (χ3v) is 16.9. The Labute approximate surface area is 479 Å². The molecule has 2 saturated heterocycles. The minimum atomic E-state index is -0.726. The Morgan fingerprint density at radius 2 is 1.06 bits per heavy atom. The van der Waals surface area contributed by atoms with Crippen LogP contribution in [0.4, 0.5) is 4.79 Å². The zero-order valence-corrected chi connectivity index (χ0v) is 49.8. The molecule has 6 bridgehead atoms. The first-order chi connectivity index (χ1) is 38.0. The highest BCUT2D eigenvalue weighted by molar-refractivity contribution is 5.89. The van der Waals surface area contributed by atoms with E-state index in [1.54, 1.807) is 41.5 Å². The van der Waals surface area contributed by atoms with E-state index >= 15 is 0 Å². The molecule has 0 spiro atoms. The highest BCUT2D eigenvalue weighted by atomic mass is 16.8. The fourth-order valence-electron chi connectivity index (χ4n) is 12.7. The average Bonchev–Trinajstić information content (AvgIpc) is 4.44. The number of ether oxygens (including phenoxy) is 9. The Bertz CT molecular complexity index is 2340. The van der Waals surface area contributed by atoms with Crippen LogP contribution in [-0.4, -0.2) is 115 Å². The van der Waals surface area contributed by atoms with E-state index in [4.69, 9.17) is 33.5 Å². The third kappa shape index (κ3) is 18.7. The number of rotatable bonds is 16. The van der Waals surface area contributed by atoms with Crippen molar-refractivity contribution in [2.45, 2.75) is 207 Å². The summed E-state index contributed by atoms with van der Waals surface area (Å²) in [5, 5.41) is 8.19. The molecule has 452 valence electrons. The lowest BCUT2D eigenvalue weighted by atomic mass is 9.49. The SMILES string of the molecule is C=C(C)C(=O)OC1(C)CCCC1.C=C(C)C(=O)OC1(CC)C2CC3CC(C2)CC1C3.C=C(C)C(=O)OC1(CC)CCCC1.C=C(C)C(=O)OC1C2CC3C(=O)OC1C3C2.C=C(C)C(=O)OCC1COC(=O)O1.C=C(C)C(=O)OCCO. The highest BCUT2D eigenvalue weighted by Crippen LogP contribution is 2.61. The maximum atomic E-state index is 12.0. The highest BCUT2D eigenvalue weighted by Gasteiger charge is 2.63. The van der Waals surface area contributed by atoms with Gasteiger partial charge in [0.15, 0.2) is 6.10 Å². The molecule has 81 heavy (non-hydrogen) atoms. The first kappa shape index (κ1) is 67.5. The molecule has 10 rings (SSSR count). The lowest BCUT2D eigenvalue weighted by Gasteiger charge is -2.60. The van der Waals surface area contributed by atoms with Gasteiger partial charge in [-0.05, 0) is 181 Å². The molecule has 0 radical (unpaired) electrons. The van der Waals surface area contributed by atoms with Gasteiger partial charge < -0.3 is 47.7 Å². The van der Waals surface area contributed by atoms with E-state index in [0.29, 0.717) is 51.2 Å². The average molecular weight is 1140 g/mol. The summed E-state index contributed by atoms with van der Waals surface area (Å²) in [6.07, 6.45) is 17.3. The second-order valence-corrected chi connectivity index (χ2v) is 23.9. The topological polar surface area (TPSA) is 240 Å². The van der Waals surface area contributed by atoms with Crippen LogP contribution in [0.5, 0.6) is 0 Å². The van der Waals surface area contributed by atoms with Gasteiger partial charge in [-0.3, -0.25) is 4.79 Å². The Balaban J connectivity index is 0.000000212. The van der Waals surface area contributed by atoms with E-state index < -0.39 is 24.2 Å². The van der Waals surface area contributed by atoms with Crippen LogP contribution in [0.2, 0.25) is 0 Å². The van der Waals surface area contributed by atoms with Crippen molar-refractivity contribution in [1.82, 2.24) is 0 Å². The molecule has 6 atom stereocenters. The number of fused-ring (bicyclic) bond motifs is 1. The zero-order chi connectivity index (χ0) is 60.6. The molecule has 10 aliphatic rings. The molecule has 10 fully saturated rings. The van der Waals surface area contributed by atoms with Gasteiger partial charge in [0.2, 0.25) is 0 Å². The number of aliphatic hydroxyl groups excluding tert-OH is 1.